The maximum absolute atomic E-state index is 12.8. The third-order valence-electron chi connectivity index (χ3n) is 12.3. The second-order valence-corrected chi connectivity index (χ2v) is 19.5. The molecule has 426 valence electrons. The molecule has 0 fully saturated rings. The van der Waals surface area contributed by atoms with Gasteiger partial charge in [0.15, 0.2) is 6.10 Å². The molecule has 6 nitrogen and oxygen atoms in total. The summed E-state index contributed by atoms with van der Waals surface area (Å²) in [5, 5.41) is 0. The van der Waals surface area contributed by atoms with Gasteiger partial charge < -0.3 is 14.2 Å². The number of rotatable bonds is 53. The Bertz CT molecular complexity index is 1720. The molecule has 6 heteroatoms. The summed E-state index contributed by atoms with van der Waals surface area (Å²) in [5.41, 5.74) is 0. The summed E-state index contributed by atoms with van der Waals surface area (Å²) in [6.45, 7) is 6.33. The highest BCUT2D eigenvalue weighted by atomic mass is 16.6. The van der Waals surface area contributed by atoms with E-state index in [-0.39, 0.29) is 37.5 Å². The molecule has 0 N–H and O–H groups in total. The Kier molecular flexibility index (Phi) is 58.5. The predicted molar refractivity (Wildman–Crippen MR) is 329 cm³/mol. The molecule has 0 amide bonds. The van der Waals surface area contributed by atoms with Crippen molar-refractivity contribution in [3.05, 3.63) is 158 Å². The van der Waals surface area contributed by atoms with Crippen LogP contribution in [0.1, 0.15) is 245 Å². The molecule has 0 saturated heterocycles. The molecular weight excluding hydrogens is 937 g/mol. The molecule has 0 aliphatic carbocycles. The monoisotopic (exact) mass is 1050 g/mol. The Morgan fingerprint density at radius 2 is 0.513 bits per heavy atom. The number of carbonyl (C=O) groups excluding carboxylic acids is 3. The van der Waals surface area contributed by atoms with Crippen molar-refractivity contribution in [3.8, 4) is 0 Å². The molecule has 0 rings (SSSR count). The first-order valence-corrected chi connectivity index (χ1v) is 30.5. The van der Waals surface area contributed by atoms with Gasteiger partial charge >= 0.3 is 17.9 Å². The van der Waals surface area contributed by atoms with Crippen LogP contribution in [-0.4, -0.2) is 37.2 Å². The van der Waals surface area contributed by atoms with Gasteiger partial charge in [-0.3, -0.25) is 14.4 Å². The van der Waals surface area contributed by atoms with E-state index < -0.39 is 6.10 Å². The second kappa shape index (κ2) is 62.6. The van der Waals surface area contributed by atoms with Gasteiger partial charge in [0.25, 0.3) is 0 Å². The van der Waals surface area contributed by atoms with Gasteiger partial charge in [-0.25, -0.2) is 0 Å². The smallest absolute Gasteiger partial charge is 0.306 e. The molecule has 1 atom stereocenters. The summed E-state index contributed by atoms with van der Waals surface area (Å²) in [5.74, 6) is -0.960. The molecule has 0 bridgehead atoms. The van der Waals surface area contributed by atoms with E-state index in [1.54, 1.807) is 0 Å². The number of hydrogen-bond donors (Lipinski definition) is 0. The highest BCUT2D eigenvalue weighted by molar-refractivity contribution is 5.71. The maximum atomic E-state index is 12.8. The Morgan fingerprint density at radius 1 is 0.276 bits per heavy atom. The fourth-order valence-corrected chi connectivity index (χ4v) is 7.78. The molecule has 0 aliphatic rings. The molecule has 1 unspecified atom stereocenters. The summed E-state index contributed by atoms with van der Waals surface area (Å²) in [6.07, 6.45) is 91.1. The number of hydrogen-bond acceptors (Lipinski definition) is 6. The zero-order chi connectivity index (χ0) is 55.0. The third-order valence-corrected chi connectivity index (χ3v) is 12.3. The van der Waals surface area contributed by atoms with Crippen molar-refractivity contribution < 1.29 is 28.6 Å². The van der Waals surface area contributed by atoms with Crippen LogP contribution in [0.3, 0.4) is 0 Å². The first-order chi connectivity index (χ1) is 37.5. The Hall–Kier alpha value is -4.97. The zero-order valence-electron chi connectivity index (χ0n) is 48.7. The summed E-state index contributed by atoms with van der Waals surface area (Å²) in [6, 6.07) is 0. The molecule has 0 saturated carbocycles. The molecular formula is C70H110O6. The average Bonchev–Trinajstić information content (AvgIpc) is 3.42. The van der Waals surface area contributed by atoms with E-state index in [0.717, 1.165) is 161 Å². The fraction of sp³-hybridized carbons (Fsp3) is 0.586. The highest BCUT2D eigenvalue weighted by Gasteiger charge is 2.19. The number of carbonyl (C=O) groups is 3. The second-order valence-electron chi connectivity index (χ2n) is 19.5. The van der Waals surface area contributed by atoms with Crippen molar-refractivity contribution in [3.63, 3.8) is 0 Å². The molecule has 76 heavy (non-hydrogen) atoms. The zero-order valence-corrected chi connectivity index (χ0v) is 48.7. The third kappa shape index (κ3) is 59.9. The van der Waals surface area contributed by atoms with Gasteiger partial charge in [0.1, 0.15) is 13.2 Å². The van der Waals surface area contributed by atoms with Crippen molar-refractivity contribution in [2.24, 2.45) is 0 Å². The summed E-state index contributed by atoms with van der Waals surface area (Å²) < 4.78 is 16.8. The minimum absolute atomic E-state index is 0.101. The summed E-state index contributed by atoms with van der Waals surface area (Å²) >= 11 is 0. The lowest BCUT2D eigenvalue weighted by Gasteiger charge is -2.18. The van der Waals surface area contributed by atoms with Crippen molar-refractivity contribution in [1.82, 2.24) is 0 Å². The minimum atomic E-state index is -0.807. The van der Waals surface area contributed by atoms with Crippen LogP contribution in [0.4, 0.5) is 0 Å². The van der Waals surface area contributed by atoms with Gasteiger partial charge in [-0.15, -0.1) is 0 Å². The van der Waals surface area contributed by atoms with E-state index in [1.807, 2.05) is 0 Å². The molecule has 0 aromatic heterocycles. The van der Waals surface area contributed by atoms with E-state index in [4.69, 9.17) is 14.2 Å². The van der Waals surface area contributed by atoms with Crippen molar-refractivity contribution >= 4 is 17.9 Å². The topological polar surface area (TPSA) is 78.9 Å². The van der Waals surface area contributed by atoms with Crippen LogP contribution in [0.2, 0.25) is 0 Å². The lowest BCUT2D eigenvalue weighted by Crippen LogP contribution is -2.30. The van der Waals surface area contributed by atoms with Crippen LogP contribution in [0.15, 0.2) is 158 Å². The Balaban J connectivity index is 4.30. The highest BCUT2D eigenvalue weighted by Crippen LogP contribution is 2.13. The lowest BCUT2D eigenvalue weighted by molar-refractivity contribution is -0.167. The number of unbranched alkanes of at least 4 members (excludes halogenated alkanes) is 16. The van der Waals surface area contributed by atoms with Gasteiger partial charge in [0.05, 0.1) is 0 Å². The minimum Gasteiger partial charge on any atom is -0.462 e. The van der Waals surface area contributed by atoms with Crippen LogP contribution < -0.4 is 0 Å². The van der Waals surface area contributed by atoms with Crippen LogP contribution in [-0.2, 0) is 28.6 Å². The average molecular weight is 1050 g/mol. The molecule has 0 aromatic carbocycles. The first-order valence-electron chi connectivity index (χ1n) is 30.5. The Labute approximate surface area is 467 Å². The fourth-order valence-electron chi connectivity index (χ4n) is 7.78. The van der Waals surface area contributed by atoms with Crippen molar-refractivity contribution in [1.29, 1.82) is 0 Å². The van der Waals surface area contributed by atoms with Crippen LogP contribution in [0.5, 0.6) is 0 Å². The summed E-state index contributed by atoms with van der Waals surface area (Å²) in [7, 11) is 0. The SMILES string of the molecule is CC/C=C\C/C=C\C/C=C\C/C=C\C/C=C\C/C=C\C/C=C\C/C=C\CCCCCCCCC(=O)OCC(COC(=O)CCCCCCCCCC)OC(=O)CCCCC/C=C\C/C=C\C/C=C\C/C=C\C/C=C\CC. The lowest BCUT2D eigenvalue weighted by atomic mass is 10.1. The standard InChI is InChI=1S/C70H110O6/c1-4-7-10-13-16-19-21-23-25-27-29-30-31-32-33-34-35-36-37-38-39-40-42-43-45-47-49-51-54-57-60-63-69(72)75-66-67(65-74-68(71)62-59-56-53-18-15-12-9-6-3)76-70(73)64-61-58-55-52-50-48-46-44-41-28-26-24-22-20-17-14-11-8-5-2/h7-8,10-11,16-17,19-20,23-26,29-30,32-33,35-36,38-39,41-44,48,50,67H,4-6,9,12-15,18,21-22,27-28,31,34,37,40,45-47,49,51-66H2,1-3H3/b10-7-,11-8-,19-16-,20-17-,25-23-,26-24-,30-29-,33-32-,36-35-,39-38-,43-42-,44-41-,50-48-. The maximum Gasteiger partial charge on any atom is 0.306 e. The summed E-state index contributed by atoms with van der Waals surface area (Å²) in [4.78, 5) is 38.1. The largest absolute Gasteiger partial charge is 0.462 e. The Morgan fingerprint density at radius 3 is 0.816 bits per heavy atom. The first kappa shape index (κ1) is 71.0. The predicted octanol–water partition coefficient (Wildman–Crippen LogP) is 20.9. The van der Waals surface area contributed by atoms with Gasteiger partial charge in [-0.05, 0) is 128 Å². The number of esters is 3. The van der Waals surface area contributed by atoms with E-state index in [1.165, 1.54) is 44.9 Å². The number of ether oxygens (including phenoxy) is 3. The van der Waals surface area contributed by atoms with Gasteiger partial charge in [0.2, 0.25) is 0 Å². The molecule has 0 aliphatic heterocycles. The van der Waals surface area contributed by atoms with Gasteiger partial charge in [0, 0.05) is 19.3 Å². The van der Waals surface area contributed by atoms with Gasteiger partial charge in [-0.2, -0.15) is 0 Å². The van der Waals surface area contributed by atoms with Crippen molar-refractivity contribution in [2.45, 2.75) is 252 Å². The number of allylic oxidation sites excluding steroid dienone is 26. The normalized spacial score (nSPS) is 13.2. The van der Waals surface area contributed by atoms with E-state index in [2.05, 4.69) is 179 Å². The molecule has 0 heterocycles. The van der Waals surface area contributed by atoms with Crippen LogP contribution in [0.25, 0.3) is 0 Å². The molecule has 0 radical (unpaired) electrons. The molecule has 0 aromatic rings. The van der Waals surface area contributed by atoms with Gasteiger partial charge in [-0.1, -0.05) is 256 Å². The van der Waals surface area contributed by atoms with Crippen LogP contribution in [0, 0.1) is 0 Å². The van der Waals surface area contributed by atoms with E-state index in [9.17, 15) is 14.4 Å². The van der Waals surface area contributed by atoms with Crippen LogP contribution >= 0.6 is 0 Å². The molecule has 0 spiro atoms. The quantitative estimate of drug-likeness (QED) is 0.0261. The van der Waals surface area contributed by atoms with E-state index in [0.29, 0.717) is 12.8 Å². The van der Waals surface area contributed by atoms with Crippen molar-refractivity contribution in [2.75, 3.05) is 13.2 Å². The van der Waals surface area contributed by atoms with E-state index >= 15 is 0 Å².